The minimum Gasteiger partial charge on any atom is -0.389 e. The van der Waals surface area contributed by atoms with Crippen LogP contribution in [0.1, 0.15) is 36.8 Å². The van der Waals surface area contributed by atoms with Gasteiger partial charge in [-0.1, -0.05) is 23.8 Å². The molecular weight excluding hydrogens is 240 g/mol. The Morgan fingerprint density at radius 1 is 1.28 bits per heavy atom. The molecule has 0 unspecified atom stereocenters. The van der Waals surface area contributed by atoms with Gasteiger partial charge in [-0.3, -0.25) is 0 Å². The highest BCUT2D eigenvalue weighted by atomic mass is 32.1. The number of aryl methyl sites for hydroxylation is 1. The molecule has 0 radical (unpaired) electrons. The predicted molar refractivity (Wildman–Crippen MR) is 79.9 cm³/mol. The molecule has 2 nitrogen and oxygen atoms in total. The van der Waals surface area contributed by atoms with E-state index in [-0.39, 0.29) is 0 Å². The van der Waals surface area contributed by atoms with Crippen LogP contribution in [-0.2, 0) is 0 Å². The molecular formula is C15H20N2S. The van der Waals surface area contributed by atoms with E-state index in [0.29, 0.717) is 11.0 Å². The van der Waals surface area contributed by atoms with Crippen molar-refractivity contribution in [2.75, 3.05) is 5.32 Å². The lowest BCUT2D eigenvalue weighted by atomic mass is 10.0. The molecule has 96 valence electrons. The Balaban J connectivity index is 1.84. The number of benzene rings is 1. The summed E-state index contributed by atoms with van der Waals surface area (Å²) in [7, 11) is 0. The van der Waals surface area contributed by atoms with E-state index in [1.807, 2.05) is 0 Å². The molecule has 1 aromatic rings. The summed E-state index contributed by atoms with van der Waals surface area (Å²) in [6, 6.07) is 6.98. The maximum atomic E-state index is 5.83. The van der Waals surface area contributed by atoms with Crippen molar-refractivity contribution >= 4 is 22.9 Å². The summed E-state index contributed by atoms with van der Waals surface area (Å²) in [6.07, 6.45) is 5.51. The summed E-state index contributed by atoms with van der Waals surface area (Å²) in [5.41, 5.74) is 9.16. The standard InChI is InChI=1S/C15H20N2S/c1-9-2-7-13(12(8-9)15(16)18)17-14(10-3-4-10)11-5-6-11/h2,7-8,10-11,14,17H,3-6H2,1H3,(H2,16,18). The van der Waals surface area contributed by atoms with E-state index in [0.717, 1.165) is 23.1 Å². The highest BCUT2D eigenvalue weighted by Crippen LogP contribution is 2.46. The van der Waals surface area contributed by atoms with Gasteiger partial charge in [0.25, 0.3) is 0 Å². The number of nitrogens with two attached hydrogens (primary N) is 1. The third-order valence-corrected chi connectivity index (χ3v) is 4.24. The number of hydrogen-bond donors (Lipinski definition) is 2. The van der Waals surface area contributed by atoms with Crippen LogP contribution in [-0.4, -0.2) is 11.0 Å². The molecule has 2 saturated carbocycles. The second kappa shape index (κ2) is 4.54. The van der Waals surface area contributed by atoms with E-state index in [1.54, 1.807) is 0 Å². The van der Waals surface area contributed by atoms with Gasteiger partial charge in [-0.05, 0) is 56.6 Å². The smallest absolute Gasteiger partial charge is 0.106 e. The van der Waals surface area contributed by atoms with E-state index in [9.17, 15) is 0 Å². The van der Waals surface area contributed by atoms with Gasteiger partial charge in [-0.25, -0.2) is 0 Å². The van der Waals surface area contributed by atoms with Crippen molar-refractivity contribution in [3.05, 3.63) is 29.3 Å². The Bertz CT molecular complexity index is 463. The third-order valence-electron chi connectivity index (χ3n) is 4.02. The van der Waals surface area contributed by atoms with E-state index < -0.39 is 0 Å². The van der Waals surface area contributed by atoms with Crippen LogP contribution in [0.25, 0.3) is 0 Å². The molecule has 0 saturated heterocycles. The van der Waals surface area contributed by atoms with Crippen LogP contribution >= 0.6 is 12.2 Å². The molecule has 3 N–H and O–H groups in total. The van der Waals surface area contributed by atoms with Gasteiger partial charge >= 0.3 is 0 Å². The maximum absolute atomic E-state index is 5.83. The molecule has 0 aromatic heterocycles. The van der Waals surface area contributed by atoms with Gasteiger partial charge < -0.3 is 11.1 Å². The molecule has 3 rings (SSSR count). The molecule has 3 heteroatoms. The lowest BCUT2D eigenvalue weighted by Crippen LogP contribution is -2.26. The zero-order valence-corrected chi connectivity index (χ0v) is 11.6. The second-order valence-corrected chi connectivity index (χ2v) is 6.20. The molecule has 2 aliphatic carbocycles. The monoisotopic (exact) mass is 260 g/mol. The minimum absolute atomic E-state index is 0.492. The lowest BCUT2D eigenvalue weighted by Gasteiger charge is -2.21. The predicted octanol–water partition coefficient (Wildman–Crippen LogP) is 3.23. The normalized spacial score (nSPS) is 19.0. The van der Waals surface area contributed by atoms with Gasteiger partial charge in [0.15, 0.2) is 0 Å². The fourth-order valence-electron chi connectivity index (χ4n) is 2.70. The first-order valence-corrected chi connectivity index (χ1v) is 7.23. The summed E-state index contributed by atoms with van der Waals surface area (Å²) in [5.74, 6) is 1.75. The maximum Gasteiger partial charge on any atom is 0.106 e. The summed E-state index contributed by atoms with van der Waals surface area (Å²) >= 11 is 5.16. The van der Waals surface area contributed by atoms with Crippen molar-refractivity contribution < 1.29 is 0 Å². The van der Waals surface area contributed by atoms with Gasteiger partial charge in [0.1, 0.15) is 4.99 Å². The molecule has 0 heterocycles. The summed E-state index contributed by atoms with van der Waals surface area (Å²) in [4.78, 5) is 0.492. The van der Waals surface area contributed by atoms with Crippen molar-refractivity contribution in [3.8, 4) is 0 Å². The summed E-state index contributed by atoms with van der Waals surface area (Å²) < 4.78 is 0. The highest BCUT2D eigenvalue weighted by Gasteiger charge is 2.41. The first-order chi connectivity index (χ1) is 8.65. The van der Waals surface area contributed by atoms with Gasteiger partial charge in [0.05, 0.1) is 0 Å². The first-order valence-electron chi connectivity index (χ1n) is 6.82. The molecule has 0 amide bonds. The van der Waals surface area contributed by atoms with Gasteiger partial charge in [0, 0.05) is 17.3 Å². The van der Waals surface area contributed by atoms with Crippen LogP contribution in [0, 0.1) is 18.8 Å². The molecule has 0 spiro atoms. The number of anilines is 1. The topological polar surface area (TPSA) is 38.0 Å². The molecule has 1 aromatic carbocycles. The van der Waals surface area contributed by atoms with Gasteiger partial charge in [-0.2, -0.15) is 0 Å². The van der Waals surface area contributed by atoms with Crippen LogP contribution in [0.5, 0.6) is 0 Å². The zero-order chi connectivity index (χ0) is 12.7. The summed E-state index contributed by atoms with van der Waals surface area (Å²) in [6.45, 7) is 2.07. The highest BCUT2D eigenvalue weighted by molar-refractivity contribution is 7.80. The second-order valence-electron chi connectivity index (χ2n) is 5.76. The van der Waals surface area contributed by atoms with Crippen LogP contribution in [0.3, 0.4) is 0 Å². The average Bonchev–Trinajstić information content (AvgIpc) is 3.19. The van der Waals surface area contributed by atoms with Crippen molar-refractivity contribution in [2.45, 2.75) is 38.6 Å². The van der Waals surface area contributed by atoms with Crippen LogP contribution < -0.4 is 11.1 Å². The van der Waals surface area contributed by atoms with E-state index in [4.69, 9.17) is 18.0 Å². The fraction of sp³-hybridized carbons (Fsp3) is 0.533. The van der Waals surface area contributed by atoms with E-state index >= 15 is 0 Å². The molecule has 18 heavy (non-hydrogen) atoms. The van der Waals surface area contributed by atoms with Crippen molar-refractivity contribution in [1.82, 2.24) is 0 Å². The van der Waals surface area contributed by atoms with Gasteiger partial charge in [-0.15, -0.1) is 0 Å². The zero-order valence-electron chi connectivity index (χ0n) is 10.8. The first kappa shape index (κ1) is 12.0. The Labute approximate surface area is 114 Å². The largest absolute Gasteiger partial charge is 0.389 e. The van der Waals surface area contributed by atoms with Crippen LogP contribution in [0.2, 0.25) is 0 Å². The quantitative estimate of drug-likeness (QED) is 0.798. The van der Waals surface area contributed by atoms with Crippen molar-refractivity contribution in [3.63, 3.8) is 0 Å². The third kappa shape index (κ3) is 2.51. The summed E-state index contributed by atoms with van der Waals surface area (Å²) in [5, 5.41) is 3.71. The Kier molecular flexibility index (Phi) is 3.02. The molecule has 0 aliphatic heterocycles. The number of rotatable bonds is 5. The number of thiocarbonyl (C=S) groups is 1. The lowest BCUT2D eigenvalue weighted by molar-refractivity contribution is 0.568. The minimum atomic E-state index is 0.492. The molecule has 0 bridgehead atoms. The number of hydrogen-bond acceptors (Lipinski definition) is 2. The Morgan fingerprint density at radius 2 is 1.89 bits per heavy atom. The van der Waals surface area contributed by atoms with Crippen LogP contribution in [0.15, 0.2) is 18.2 Å². The number of nitrogens with one attached hydrogen (secondary N) is 1. The molecule has 2 fully saturated rings. The fourth-order valence-corrected chi connectivity index (χ4v) is 2.87. The van der Waals surface area contributed by atoms with Gasteiger partial charge in [0.2, 0.25) is 0 Å². The average molecular weight is 260 g/mol. The SMILES string of the molecule is Cc1ccc(NC(C2CC2)C2CC2)c(C(N)=S)c1. The molecule has 2 aliphatic rings. The van der Waals surface area contributed by atoms with Crippen molar-refractivity contribution in [1.29, 1.82) is 0 Å². The van der Waals surface area contributed by atoms with E-state index in [2.05, 4.69) is 30.4 Å². The molecule has 0 atom stereocenters. The van der Waals surface area contributed by atoms with Crippen LogP contribution in [0.4, 0.5) is 5.69 Å². The van der Waals surface area contributed by atoms with E-state index in [1.165, 1.54) is 31.2 Å². The van der Waals surface area contributed by atoms with Crippen molar-refractivity contribution in [2.24, 2.45) is 17.6 Å². The Morgan fingerprint density at radius 3 is 2.39 bits per heavy atom. The Hall–Kier alpha value is -1.09.